The fourth-order valence-electron chi connectivity index (χ4n) is 2.10. The van der Waals surface area contributed by atoms with Crippen molar-refractivity contribution in [3.8, 4) is 0 Å². The van der Waals surface area contributed by atoms with E-state index in [1.54, 1.807) is 20.2 Å². The van der Waals surface area contributed by atoms with Crippen LogP contribution in [0.15, 0.2) is 12.1 Å². The van der Waals surface area contributed by atoms with E-state index in [2.05, 4.69) is 15.5 Å². The Labute approximate surface area is 122 Å². The average Bonchev–Trinajstić information content (AvgIpc) is 2.48. The Morgan fingerprint density at radius 3 is 2.43 bits per heavy atom. The number of carboxylic acid groups (broad SMARTS) is 1. The number of hydrogen-bond acceptors (Lipinski definition) is 6. The van der Waals surface area contributed by atoms with Gasteiger partial charge in [-0.2, -0.15) is 0 Å². The van der Waals surface area contributed by atoms with Gasteiger partial charge < -0.3 is 20.1 Å². The van der Waals surface area contributed by atoms with Crippen molar-refractivity contribution in [2.24, 2.45) is 0 Å². The van der Waals surface area contributed by atoms with E-state index in [1.165, 1.54) is 11.0 Å². The summed E-state index contributed by atoms with van der Waals surface area (Å²) in [6.45, 7) is 0.758. The van der Waals surface area contributed by atoms with Crippen LogP contribution >= 0.6 is 0 Å². The van der Waals surface area contributed by atoms with E-state index >= 15 is 0 Å². The number of aromatic nitrogens is 2. The highest BCUT2D eigenvalue weighted by molar-refractivity contribution is 5.91. The highest BCUT2D eigenvalue weighted by Crippen LogP contribution is 2.25. The SMILES string of the molecule is CN(C)C(=O)c1ccc(NC2(C(=O)O)CCOCC2)nn1. The lowest BCUT2D eigenvalue weighted by Gasteiger charge is -2.34. The molecule has 0 atom stereocenters. The highest BCUT2D eigenvalue weighted by Gasteiger charge is 2.40. The predicted octanol–water partition coefficient (Wildman–Crippen LogP) is 0.224. The number of carbonyl (C=O) groups excluding carboxylic acids is 1. The number of hydrogen-bond donors (Lipinski definition) is 2. The number of carboxylic acids is 1. The molecular weight excluding hydrogens is 276 g/mol. The van der Waals surface area contributed by atoms with E-state index in [0.717, 1.165) is 0 Å². The summed E-state index contributed by atoms with van der Waals surface area (Å²) in [5.74, 6) is -0.872. The quantitative estimate of drug-likeness (QED) is 0.818. The summed E-state index contributed by atoms with van der Waals surface area (Å²) in [7, 11) is 3.25. The lowest BCUT2D eigenvalue weighted by atomic mass is 9.90. The summed E-state index contributed by atoms with van der Waals surface area (Å²) >= 11 is 0. The van der Waals surface area contributed by atoms with Crippen LogP contribution in [0.5, 0.6) is 0 Å². The molecule has 2 rings (SSSR count). The van der Waals surface area contributed by atoms with Gasteiger partial charge in [-0.05, 0) is 12.1 Å². The van der Waals surface area contributed by atoms with Gasteiger partial charge in [0.2, 0.25) is 0 Å². The van der Waals surface area contributed by atoms with E-state index < -0.39 is 11.5 Å². The maximum atomic E-state index is 11.7. The summed E-state index contributed by atoms with van der Waals surface area (Å²) in [5, 5.41) is 20.1. The van der Waals surface area contributed by atoms with E-state index in [4.69, 9.17) is 4.74 Å². The second-order valence-electron chi connectivity index (χ2n) is 5.13. The number of nitrogens with one attached hydrogen (secondary N) is 1. The molecule has 0 radical (unpaired) electrons. The molecule has 0 saturated carbocycles. The Hall–Kier alpha value is -2.22. The number of aliphatic carboxylic acids is 1. The summed E-state index contributed by atoms with van der Waals surface area (Å²) in [6, 6.07) is 3.08. The van der Waals surface area contributed by atoms with Gasteiger partial charge in [-0.3, -0.25) is 4.79 Å². The van der Waals surface area contributed by atoms with Crippen molar-refractivity contribution in [2.75, 3.05) is 32.6 Å². The van der Waals surface area contributed by atoms with Crippen LogP contribution in [0.2, 0.25) is 0 Å². The Morgan fingerprint density at radius 1 is 1.29 bits per heavy atom. The largest absolute Gasteiger partial charge is 0.480 e. The van der Waals surface area contributed by atoms with Crippen molar-refractivity contribution in [1.29, 1.82) is 0 Å². The number of rotatable bonds is 4. The van der Waals surface area contributed by atoms with Crippen molar-refractivity contribution in [3.63, 3.8) is 0 Å². The minimum absolute atomic E-state index is 0.210. The summed E-state index contributed by atoms with van der Waals surface area (Å²) < 4.78 is 5.20. The van der Waals surface area contributed by atoms with Gasteiger partial charge in [0.25, 0.3) is 5.91 Å². The molecule has 0 aromatic carbocycles. The van der Waals surface area contributed by atoms with Gasteiger partial charge in [-0.1, -0.05) is 0 Å². The summed E-state index contributed by atoms with van der Waals surface area (Å²) in [6.07, 6.45) is 0.699. The normalized spacial score (nSPS) is 17.0. The number of ether oxygens (including phenoxy) is 1. The smallest absolute Gasteiger partial charge is 0.329 e. The number of nitrogens with zero attached hydrogens (tertiary/aromatic N) is 3. The Bertz CT molecular complexity index is 523. The van der Waals surface area contributed by atoms with Crippen molar-refractivity contribution in [2.45, 2.75) is 18.4 Å². The molecule has 0 unspecified atom stereocenters. The van der Waals surface area contributed by atoms with E-state index in [-0.39, 0.29) is 11.6 Å². The lowest BCUT2D eigenvalue weighted by Crippen LogP contribution is -2.50. The molecule has 2 heterocycles. The average molecular weight is 294 g/mol. The number of anilines is 1. The van der Waals surface area contributed by atoms with Crippen molar-refractivity contribution >= 4 is 17.7 Å². The first-order valence-corrected chi connectivity index (χ1v) is 6.59. The molecule has 1 amide bonds. The minimum Gasteiger partial charge on any atom is -0.480 e. The minimum atomic E-state index is -1.10. The first-order valence-electron chi connectivity index (χ1n) is 6.59. The van der Waals surface area contributed by atoms with Crippen molar-refractivity contribution < 1.29 is 19.4 Å². The standard InChI is InChI=1S/C13H18N4O4/c1-17(2)11(18)9-3-4-10(16-15-9)14-13(12(19)20)5-7-21-8-6-13/h3-4H,5-8H2,1-2H3,(H,14,16)(H,19,20). The highest BCUT2D eigenvalue weighted by atomic mass is 16.5. The van der Waals surface area contributed by atoms with Gasteiger partial charge in [0.15, 0.2) is 5.69 Å². The second-order valence-corrected chi connectivity index (χ2v) is 5.13. The van der Waals surface area contributed by atoms with Crippen LogP contribution in [0.1, 0.15) is 23.3 Å². The molecule has 0 bridgehead atoms. The zero-order valence-corrected chi connectivity index (χ0v) is 12.0. The molecule has 21 heavy (non-hydrogen) atoms. The molecule has 8 heteroatoms. The van der Waals surface area contributed by atoms with E-state index in [0.29, 0.717) is 31.9 Å². The topological polar surface area (TPSA) is 105 Å². The summed E-state index contributed by atoms with van der Waals surface area (Å²) in [5.41, 5.74) is -0.887. The first kappa shape index (κ1) is 15.2. The molecule has 1 saturated heterocycles. The fraction of sp³-hybridized carbons (Fsp3) is 0.538. The number of carbonyl (C=O) groups is 2. The molecule has 114 valence electrons. The second kappa shape index (κ2) is 6.04. The van der Waals surface area contributed by atoms with E-state index in [9.17, 15) is 14.7 Å². The van der Waals surface area contributed by atoms with Crippen molar-refractivity contribution in [1.82, 2.24) is 15.1 Å². The van der Waals surface area contributed by atoms with Gasteiger partial charge >= 0.3 is 5.97 Å². The third-order valence-corrected chi connectivity index (χ3v) is 3.41. The van der Waals surface area contributed by atoms with Crippen LogP contribution in [0, 0.1) is 0 Å². The summed E-state index contributed by atoms with van der Waals surface area (Å²) in [4.78, 5) is 24.6. The third kappa shape index (κ3) is 3.27. The third-order valence-electron chi connectivity index (χ3n) is 3.41. The Balaban J connectivity index is 2.15. The molecule has 8 nitrogen and oxygen atoms in total. The molecule has 1 fully saturated rings. The molecule has 0 aliphatic carbocycles. The van der Waals surface area contributed by atoms with E-state index in [1.807, 2.05) is 0 Å². The van der Waals surface area contributed by atoms with Gasteiger partial charge in [-0.15, -0.1) is 10.2 Å². The van der Waals surface area contributed by atoms with Crippen LogP contribution in [-0.2, 0) is 9.53 Å². The Kier molecular flexibility index (Phi) is 4.37. The molecule has 1 aromatic rings. The zero-order chi connectivity index (χ0) is 15.5. The maximum absolute atomic E-state index is 11.7. The zero-order valence-electron chi connectivity index (χ0n) is 12.0. The maximum Gasteiger partial charge on any atom is 0.329 e. The molecule has 2 N–H and O–H groups in total. The first-order chi connectivity index (χ1) is 9.94. The van der Waals surface area contributed by atoms with Gasteiger partial charge in [-0.25, -0.2) is 4.79 Å². The molecular formula is C13H18N4O4. The number of amides is 1. The van der Waals surface area contributed by atoms with Gasteiger partial charge in [0.1, 0.15) is 11.4 Å². The fourth-order valence-corrected chi connectivity index (χ4v) is 2.10. The van der Waals surface area contributed by atoms with Crippen LogP contribution in [0.3, 0.4) is 0 Å². The molecule has 1 aliphatic heterocycles. The van der Waals surface area contributed by atoms with Crippen LogP contribution in [0.4, 0.5) is 5.82 Å². The van der Waals surface area contributed by atoms with Gasteiger partial charge in [0.05, 0.1) is 0 Å². The monoisotopic (exact) mass is 294 g/mol. The van der Waals surface area contributed by atoms with Crippen molar-refractivity contribution in [3.05, 3.63) is 17.8 Å². The van der Waals surface area contributed by atoms with Gasteiger partial charge in [0, 0.05) is 40.2 Å². The van der Waals surface area contributed by atoms with Crippen LogP contribution in [0.25, 0.3) is 0 Å². The van der Waals surface area contributed by atoms with Crippen LogP contribution < -0.4 is 5.32 Å². The molecule has 1 aliphatic rings. The van der Waals surface area contributed by atoms with Crippen LogP contribution in [-0.4, -0.2) is 64.9 Å². The predicted molar refractivity (Wildman–Crippen MR) is 74.1 cm³/mol. The molecule has 1 aromatic heterocycles. The lowest BCUT2D eigenvalue weighted by molar-refractivity contribution is -0.145. The molecule has 0 spiro atoms. The Morgan fingerprint density at radius 2 is 1.95 bits per heavy atom.